The standard InChI is InChI=1S/C10H23NS/c1-7-10(3,4)12-9(2)8-11(5)6/h9H,7-8H2,1-6H3. The number of hydrogen-bond acceptors (Lipinski definition) is 2. The quantitative estimate of drug-likeness (QED) is 0.654. The molecule has 0 spiro atoms. The molecule has 0 heterocycles. The van der Waals surface area contributed by atoms with Crippen LogP contribution in [0.3, 0.4) is 0 Å². The summed E-state index contributed by atoms with van der Waals surface area (Å²) in [5.41, 5.74) is 0. The van der Waals surface area contributed by atoms with E-state index in [1.165, 1.54) is 13.0 Å². The molecule has 0 aromatic carbocycles. The molecule has 0 aromatic heterocycles. The monoisotopic (exact) mass is 189 g/mol. The lowest BCUT2D eigenvalue weighted by Gasteiger charge is -2.27. The van der Waals surface area contributed by atoms with Gasteiger partial charge < -0.3 is 4.90 Å². The third-order valence-electron chi connectivity index (χ3n) is 1.99. The molecule has 1 unspecified atom stereocenters. The molecular formula is C10H23NS. The summed E-state index contributed by atoms with van der Waals surface area (Å²) in [5, 5.41) is 0.731. The van der Waals surface area contributed by atoms with Gasteiger partial charge in [0.15, 0.2) is 0 Å². The Hall–Kier alpha value is 0.310. The smallest absolute Gasteiger partial charge is 0.0151 e. The van der Waals surface area contributed by atoms with Crippen molar-refractivity contribution in [3.8, 4) is 0 Å². The minimum atomic E-state index is 0.440. The van der Waals surface area contributed by atoms with Crippen molar-refractivity contribution in [2.45, 2.75) is 44.1 Å². The first-order valence-electron chi connectivity index (χ1n) is 4.70. The van der Waals surface area contributed by atoms with Crippen LogP contribution in [-0.4, -0.2) is 35.5 Å². The van der Waals surface area contributed by atoms with Gasteiger partial charge in [0.2, 0.25) is 0 Å². The number of rotatable bonds is 5. The van der Waals surface area contributed by atoms with Gasteiger partial charge in [0.1, 0.15) is 0 Å². The summed E-state index contributed by atoms with van der Waals surface area (Å²) < 4.78 is 0.440. The van der Waals surface area contributed by atoms with Crippen molar-refractivity contribution >= 4 is 11.8 Å². The van der Waals surface area contributed by atoms with E-state index in [-0.39, 0.29) is 0 Å². The predicted molar refractivity (Wildman–Crippen MR) is 60.0 cm³/mol. The van der Waals surface area contributed by atoms with E-state index in [2.05, 4.69) is 58.5 Å². The topological polar surface area (TPSA) is 3.24 Å². The van der Waals surface area contributed by atoms with Gasteiger partial charge in [0.05, 0.1) is 0 Å². The first-order valence-corrected chi connectivity index (χ1v) is 5.58. The van der Waals surface area contributed by atoms with E-state index in [4.69, 9.17) is 0 Å². The molecule has 0 radical (unpaired) electrons. The minimum Gasteiger partial charge on any atom is -0.308 e. The van der Waals surface area contributed by atoms with Gasteiger partial charge in [0.25, 0.3) is 0 Å². The summed E-state index contributed by atoms with van der Waals surface area (Å²) in [6.45, 7) is 10.4. The molecule has 1 nitrogen and oxygen atoms in total. The van der Waals surface area contributed by atoms with Crippen molar-refractivity contribution in [3.05, 3.63) is 0 Å². The average molecular weight is 189 g/mol. The van der Waals surface area contributed by atoms with Crippen LogP contribution < -0.4 is 0 Å². The Morgan fingerprint density at radius 3 is 2.17 bits per heavy atom. The van der Waals surface area contributed by atoms with Crippen LogP contribution in [0.5, 0.6) is 0 Å². The third-order valence-corrected chi connectivity index (χ3v) is 3.47. The summed E-state index contributed by atoms with van der Waals surface area (Å²) in [6, 6.07) is 0. The van der Waals surface area contributed by atoms with Crippen LogP contribution in [0.2, 0.25) is 0 Å². The normalized spacial score (nSPS) is 15.2. The Morgan fingerprint density at radius 2 is 1.83 bits per heavy atom. The molecule has 0 aromatic rings. The zero-order chi connectivity index (χ0) is 9.78. The van der Waals surface area contributed by atoms with Crippen LogP contribution in [0.4, 0.5) is 0 Å². The molecule has 1 atom stereocenters. The summed E-state index contributed by atoms with van der Waals surface area (Å²) in [4.78, 5) is 2.25. The van der Waals surface area contributed by atoms with Crippen LogP contribution in [0.15, 0.2) is 0 Å². The number of thioether (sulfide) groups is 1. The lowest BCUT2D eigenvalue weighted by atomic mass is 10.1. The van der Waals surface area contributed by atoms with Gasteiger partial charge in [-0.1, -0.05) is 27.7 Å². The number of hydrogen-bond donors (Lipinski definition) is 0. The molecule has 0 bridgehead atoms. The van der Waals surface area contributed by atoms with E-state index < -0.39 is 0 Å². The SMILES string of the molecule is CCC(C)(C)SC(C)CN(C)C. The molecule has 12 heavy (non-hydrogen) atoms. The summed E-state index contributed by atoms with van der Waals surface area (Å²) in [5.74, 6) is 0. The van der Waals surface area contributed by atoms with Crippen molar-refractivity contribution in [3.63, 3.8) is 0 Å². The van der Waals surface area contributed by atoms with Gasteiger partial charge >= 0.3 is 0 Å². The van der Waals surface area contributed by atoms with Crippen LogP contribution in [-0.2, 0) is 0 Å². The Morgan fingerprint density at radius 1 is 1.33 bits per heavy atom. The molecule has 2 heteroatoms. The zero-order valence-corrected chi connectivity index (χ0v) is 10.2. The Balaban J connectivity index is 3.75. The zero-order valence-electron chi connectivity index (χ0n) is 9.35. The van der Waals surface area contributed by atoms with Crippen molar-refractivity contribution in [2.24, 2.45) is 0 Å². The predicted octanol–water partition coefficient (Wildman–Crippen LogP) is 2.86. The highest BCUT2D eigenvalue weighted by molar-refractivity contribution is 8.01. The van der Waals surface area contributed by atoms with Gasteiger partial charge in [-0.15, -0.1) is 0 Å². The molecule has 0 saturated heterocycles. The van der Waals surface area contributed by atoms with Gasteiger partial charge in [-0.05, 0) is 20.5 Å². The van der Waals surface area contributed by atoms with Gasteiger partial charge in [0, 0.05) is 16.5 Å². The average Bonchev–Trinajstić information content (AvgIpc) is 1.84. The van der Waals surface area contributed by atoms with Crippen molar-refractivity contribution in [2.75, 3.05) is 20.6 Å². The van der Waals surface area contributed by atoms with Gasteiger partial charge in [-0.3, -0.25) is 0 Å². The van der Waals surface area contributed by atoms with Crippen LogP contribution in [0, 0.1) is 0 Å². The van der Waals surface area contributed by atoms with Crippen molar-refractivity contribution < 1.29 is 0 Å². The van der Waals surface area contributed by atoms with E-state index in [1.807, 2.05) is 0 Å². The molecule has 0 aliphatic rings. The maximum absolute atomic E-state index is 2.32. The maximum Gasteiger partial charge on any atom is 0.0151 e. The molecule has 0 aliphatic carbocycles. The molecule has 74 valence electrons. The second-order valence-corrected chi connectivity index (χ2v) is 6.45. The van der Waals surface area contributed by atoms with Crippen molar-refractivity contribution in [1.29, 1.82) is 0 Å². The Bertz CT molecular complexity index is 121. The van der Waals surface area contributed by atoms with Crippen LogP contribution in [0.1, 0.15) is 34.1 Å². The van der Waals surface area contributed by atoms with E-state index in [1.54, 1.807) is 0 Å². The number of nitrogens with zero attached hydrogens (tertiary/aromatic N) is 1. The lowest BCUT2D eigenvalue weighted by molar-refractivity contribution is 0.412. The first kappa shape index (κ1) is 12.3. The van der Waals surface area contributed by atoms with Gasteiger partial charge in [-0.25, -0.2) is 0 Å². The highest BCUT2D eigenvalue weighted by Crippen LogP contribution is 2.31. The van der Waals surface area contributed by atoms with E-state index in [0.29, 0.717) is 4.75 Å². The Kier molecular flexibility index (Phi) is 5.26. The van der Waals surface area contributed by atoms with E-state index in [9.17, 15) is 0 Å². The lowest BCUT2D eigenvalue weighted by Crippen LogP contribution is -2.26. The molecule has 0 fully saturated rings. The fraction of sp³-hybridized carbons (Fsp3) is 1.00. The Labute approximate surface area is 81.9 Å². The fourth-order valence-electron chi connectivity index (χ4n) is 1.18. The fourth-order valence-corrected chi connectivity index (χ4v) is 2.81. The summed E-state index contributed by atoms with van der Waals surface area (Å²) in [7, 11) is 4.27. The molecule has 0 saturated carbocycles. The molecular weight excluding hydrogens is 166 g/mol. The molecule has 0 N–H and O–H groups in total. The largest absolute Gasteiger partial charge is 0.308 e. The molecule has 0 amide bonds. The van der Waals surface area contributed by atoms with E-state index in [0.717, 1.165) is 5.25 Å². The van der Waals surface area contributed by atoms with Crippen molar-refractivity contribution in [1.82, 2.24) is 4.90 Å². The highest BCUT2D eigenvalue weighted by Gasteiger charge is 2.19. The summed E-state index contributed by atoms with van der Waals surface area (Å²) in [6.07, 6.45) is 1.25. The van der Waals surface area contributed by atoms with Crippen LogP contribution >= 0.6 is 11.8 Å². The summed E-state index contributed by atoms with van der Waals surface area (Å²) >= 11 is 2.09. The maximum atomic E-state index is 2.32. The molecule has 0 aliphatic heterocycles. The highest BCUT2D eigenvalue weighted by atomic mass is 32.2. The second-order valence-electron chi connectivity index (χ2n) is 4.30. The van der Waals surface area contributed by atoms with E-state index >= 15 is 0 Å². The van der Waals surface area contributed by atoms with Crippen LogP contribution in [0.25, 0.3) is 0 Å². The third kappa shape index (κ3) is 5.90. The molecule has 0 rings (SSSR count). The minimum absolute atomic E-state index is 0.440. The van der Waals surface area contributed by atoms with Gasteiger partial charge in [-0.2, -0.15) is 11.8 Å². The second kappa shape index (κ2) is 5.13. The first-order chi connectivity index (χ1) is 5.37.